The summed E-state index contributed by atoms with van der Waals surface area (Å²) in [7, 11) is 0. The normalized spacial score (nSPS) is 17.0. The van der Waals surface area contributed by atoms with E-state index in [0.717, 1.165) is 29.1 Å². The third-order valence-corrected chi connectivity index (χ3v) is 4.60. The predicted molar refractivity (Wildman–Crippen MR) is 105 cm³/mol. The molecule has 0 bridgehead atoms. The van der Waals surface area contributed by atoms with Crippen molar-refractivity contribution in [2.24, 2.45) is 0 Å². The second-order valence-electron chi connectivity index (χ2n) is 6.62. The number of hydrogen-bond acceptors (Lipinski definition) is 3. The fourth-order valence-corrected chi connectivity index (χ4v) is 3.21. The van der Waals surface area contributed by atoms with Gasteiger partial charge in [-0.3, -0.25) is 4.90 Å². The number of anilines is 1. The second-order valence-corrected chi connectivity index (χ2v) is 6.62. The first kappa shape index (κ1) is 18.3. The molecule has 130 valence electrons. The number of para-hydroxylation sites is 1. The minimum atomic E-state index is 0.811. The van der Waals surface area contributed by atoms with Crippen LogP contribution in [-0.4, -0.2) is 29.4 Å². The fourth-order valence-electron chi connectivity index (χ4n) is 3.21. The number of nitrogens with two attached hydrogens (primary N) is 1. The Labute approximate surface area is 147 Å². The van der Waals surface area contributed by atoms with E-state index in [0.29, 0.717) is 0 Å². The van der Waals surface area contributed by atoms with Crippen LogP contribution in [0.5, 0.6) is 0 Å². The van der Waals surface area contributed by atoms with Crippen molar-refractivity contribution in [2.45, 2.75) is 40.0 Å². The van der Waals surface area contributed by atoms with Gasteiger partial charge in [-0.25, -0.2) is 0 Å². The molecule has 1 fully saturated rings. The molecular weight excluding hydrogens is 294 g/mol. The van der Waals surface area contributed by atoms with Gasteiger partial charge in [-0.1, -0.05) is 37.3 Å². The predicted octanol–water partition coefficient (Wildman–Crippen LogP) is 4.85. The number of nitrogen functional groups attached to an aromatic ring is 1. The van der Waals surface area contributed by atoms with Crippen LogP contribution in [0.3, 0.4) is 0 Å². The quantitative estimate of drug-likeness (QED) is 0.759. The molecular formula is C21H31N3. The Bertz CT molecular complexity index is 622. The van der Waals surface area contributed by atoms with Gasteiger partial charge in [0.05, 0.1) is 0 Å². The monoisotopic (exact) mass is 325 g/mol. The lowest BCUT2D eigenvalue weighted by atomic mass is 10.1. The summed E-state index contributed by atoms with van der Waals surface area (Å²) < 4.78 is 0. The Morgan fingerprint density at radius 1 is 1.21 bits per heavy atom. The summed E-state index contributed by atoms with van der Waals surface area (Å²) in [4.78, 5) is 4.74. The van der Waals surface area contributed by atoms with E-state index in [9.17, 15) is 0 Å². The highest BCUT2D eigenvalue weighted by Crippen LogP contribution is 2.24. The number of hydrogen-bond donors (Lipinski definition) is 1. The molecule has 1 aromatic carbocycles. The maximum absolute atomic E-state index is 6.13. The van der Waals surface area contributed by atoms with Gasteiger partial charge in [-0.05, 0) is 58.3 Å². The van der Waals surface area contributed by atoms with Crippen molar-refractivity contribution in [3.63, 3.8) is 0 Å². The number of rotatable bonds is 6. The van der Waals surface area contributed by atoms with Crippen LogP contribution in [0.15, 0.2) is 54.5 Å². The zero-order valence-electron chi connectivity index (χ0n) is 15.4. The molecule has 0 saturated carbocycles. The summed E-state index contributed by atoms with van der Waals surface area (Å²) in [6.07, 6.45) is 8.33. The Morgan fingerprint density at radius 2 is 1.88 bits per heavy atom. The van der Waals surface area contributed by atoms with Crippen LogP contribution in [0, 0.1) is 0 Å². The van der Waals surface area contributed by atoms with E-state index in [4.69, 9.17) is 5.73 Å². The van der Waals surface area contributed by atoms with Crippen LogP contribution >= 0.6 is 0 Å². The molecule has 2 N–H and O–H groups in total. The highest BCUT2D eigenvalue weighted by Gasteiger charge is 2.15. The van der Waals surface area contributed by atoms with Crippen LogP contribution in [-0.2, 0) is 0 Å². The topological polar surface area (TPSA) is 32.5 Å². The van der Waals surface area contributed by atoms with Crippen LogP contribution in [0.2, 0.25) is 0 Å². The fraction of sp³-hybridized carbons (Fsp3) is 0.429. The number of benzene rings is 1. The minimum absolute atomic E-state index is 0.811. The van der Waals surface area contributed by atoms with Crippen molar-refractivity contribution in [1.82, 2.24) is 9.80 Å². The zero-order valence-corrected chi connectivity index (χ0v) is 15.4. The van der Waals surface area contributed by atoms with E-state index in [-0.39, 0.29) is 0 Å². The molecule has 0 unspecified atom stereocenters. The SMILES string of the molecule is C=C(C)N(/C=C(\C)c1ccccc1N)/C(=C\C)CN1CCCCC1. The van der Waals surface area contributed by atoms with Crippen LogP contribution in [0.1, 0.15) is 45.6 Å². The van der Waals surface area contributed by atoms with Gasteiger partial charge in [0, 0.05) is 35.4 Å². The summed E-state index contributed by atoms with van der Waals surface area (Å²) in [5.41, 5.74) is 11.5. The molecule has 0 amide bonds. The Balaban J connectivity index is 2.22. The zero-order chi connectivity index (χ0) is 17.5. The third-order valence-electron chi connectivity index (χ3n) is 4.60. The molecule has 0 atom stereocenters. The molecule has 1 aliphatic heterocycles. The molecule has 1 aliphatic rings. The Hall–Kier alpha value is -2.00. The van der Waals surface area contributed by atoms with Gasteiger partial charge in [0.1, 0.15) is 0 Å². The number of nitrogens with zero attached hydrogens (tertiary/aromatic N) is 2. The molecule has 3 nitrogen and oxygen atoms in total. The number of piperidine rings is 1. The highest BCUT2D eigenvalue weighted by molar-refractivity contribution is 5.73. The molecule has 1 aromatic rings. The van der Waals surface area contributed by atoms with Crippen molar-refractivity contribution in [3.05, 3.63) is 60.1 Å². The minimum Gasteiger partial charge on any atom is -0.398 e. The lowest BCUT2D eigenvalue weighted by molar-refractivity contribution is 0.234. The van der Waals surface area contributed by atoms with Crippen LogP contribution < -0.4 is 5.73 Å². The maximum atomic E-state index is 6.13. The Kier molecular flexibility index (Phi) is 6.68. The van der Waals surface area contributed by atoms with Crippen molar-refractivity contribution < 1.29 is 0 Å². The van der Waals surface area contributed by atoms with Gasteiger partial charge in [0.25, 0.3) is 0 Å². The average molecular weight is 326 g/mol. The average Bonchev–Trinajstić information content (AvgIpc) is 2.58. The summed E-state index contributed by atoms with van der Waals surface area (Å²) in [5.74, 6) is 0. The molecule has 0 radical (unpaired) electrons. The van der Waals surface area contributed by atoms with Crippen molar-refractivity contribution in [1.29, 1.82) is 0 Å². The molecule has 1 saturated heterocycles. The Morgan fingerprint density at radius 3 is 2.46 bits per heavy atom. The summed E-state index contributed by atoms with van der Waals surface area (Å²) in [6, 6.07) is 8.01. The van der Waals surface area contributed by atoms with Gasteiger partial charge in [-0.15, -0.1) is 0 Å². The van der Waals surface area contributed by atoms with Gasteiger partial charge in [0.2, 0.25) is 0 Å². The van der Waals surface area contributed by atoms with E-state index >= 15 is 0 Å². The number of allylic oxidation sites excluding steroid dienone is 3. The summed E-state index contributed by atoms with van der Waals surface area (Å²) in [6.45, 7) is 13.8. The lowest BCUT2D eigenvalue weighted by Crippen LogP contribution is -2.34. The van der Waals surface area contributed by atoms with Gasteiger partial charge >= 0.3 is 0 Å². The van der Waals surface area contributed by atoms with Gasteiger partial charge in [-0.2, -0.15) is 0 Å². The maximum Gasteiger partial charge on any atom is 0.0390 e. The van der Waals surface area contributed by atoms with Crippen molar-refractivity contribution >= 4 is 11.3 Å². The number of likely N-dealkylation sites (tertiary alicyclic amines) is 1. The molecule has 0 aromatic heterocycles. The van der Waals surface area contributed by atoms with Gasteiger partial charge < -0.3 is 10.6 Å². The van der Waals surface area contributed by atoms with E-state index in [1.54, 1.807) is 0 Å². The first-order chi connectivity index (χ1) is 11.5. The largest absolute Gasteiger partial charge is 0.398 e. The molecule has 0 aliphatic carbocycles. The molecule has 24 heavy (non-hydrogen) atoms. The molecule has 1 heterocycles. The standard InChI is InChI=1S/C21H31N3/c1-5-19(16-23-13-9-6-10-14-23)24(17(2)3)15-18(4)20-11-7-8-12-21(20)22/h5,7-8,11-12,15H,2,6,9-10,13-14,16,22H2,1,3-4H3/b18-15+,19-5-. The smallest absolute Gasteiger partial charge is 0.0390 e. The molecule has 0 spiro atoms. The second kappa shape index (κ2) is 8.74. The van der Waals surface area contributed by atoms with Gasteiger partial charge in [0.15, 0.2) is 0 Å². The highest BCUT2D eigenvalue weighted by atomic mass is 15.2. The van der Waals surface area contributed by atoms with E-state index in [1.165, 1.54) is 38.0 Å². The van der Waals surface area contributed by atoms with Crippen LogP contribution in [0.25, 0.3) is 5.57 Å². The van der Waals surface area contributed by atoms with E-state index < -0.39 is 0 Å². The van der Waals surface area contributed by atoms with E-state index in [1.807, 2.05) is 18.2 Å². The summed E-state index contributed by atoms with van der Waals surface area (Å²) in [5, 5.41) is 0. The first-order valence-electron chi connectivity index (χ1n) is 8.88. The van der Waals surface area contributed by atoms with Crippen LogP contribution in [0.4, 0.5) is 5.69 Å². The lowest BCUT2D eigenvalue weighted by Gasteiger charge is -2.32. The van der Waals surface area contributed by atoms with Crippen molar-refractivity contribution in [2.75, 3.05) is 25.4 Å². The van der Waals surface area contributed by atoms with Crippen molar-refractivity contribution in [3.8, 4) is 0 Å². The van der Waals surface area contributed by atoms with E-state index in [2.05, 4.69) is 55.5 Å². The first-order valence-corrected chi connectivity index (χ1v) is 8.88. The summed E-state index contributed by atoms with van der Waals surface area (Å²) >= 11 is 0. The molecule has 3 heteroatoms. The molecule has 2 rings (SSSR count). The third kappa shape index (κ3) is 4.75.